The summed E-state index contributed by atoms with van der Waals surface area (Å²) in [6.07, 6.45) is 0. The van der Waals surface area contributed by atoms with E-state index >= 15 is 0 Å². The van der Waals surface area contributed by atoms with Gasteiger partial charge in [-0.3, -0.25) is 4.79 Å². The lowest BCUT2D eigenvalue weighted by Gasteiger charge is -2.08. The number of carbonyl (C=O) groups is 1. The number of benzene rings is 2. The van der Waals surface area contributed by atoms with Crippen LogP contribution in [0.2, 0.25) is 0 Å². The molecule has 0 aliphatic heterocycles. The molecule has 0 saturated heterocycles. The first-order chi connectivity index (χ1) is 9.17. The van der Waals surface area contributed by atoms with Crippen LogP contribution in [0.3, 0.4) is 0 Å². The van der Waals surface area contributed by atoms with Crippen LogP contribution in [0.5, 0.6) is 23.0 Å². The first-order valence-electron chi connectivity index (χ1n) is 5.78. The molecule has 4 nitrogen and oxygen atoms in total. The number of hydrogen-bond donors (Lipinski definition) is 0. The molecule has 0 aliphatic carbocycles. The first kappa shape index (κ1) is 13.0. The van der Waals surface area contributed by atoms with Gasteiger partial charge in [-0.15, -0.1) is 0 Å². The van der Waals surface area contributed by atoms with Crippen LogP contribution in [-0.4, -0.2) is 13.1 Å². The molecule has 0 fully saturated rings. The quantitative estimate of drug-likeness (QED) is 0.622. The van der Waals surface area contributed by atoms with Gasteiger partial charge < -0.3 is 14.2 Å². The maximum Gasteiger partial charge on any atom is 0.308 e. The van der Waals surface area contributed by atoms with Crippen molar-refractivity contribution >= 4 is 5.97 Å². The van der Waals surface area contributed by atoms with E-state index in [4.69, 9.17) is 14.2 Å². The normalized spacial score (nSPS) is 9.79. The predicted molar refractivity (Wildman–Crippen MR) is 70.8 cm³/mol. The lowest BCUT2D eigenvalue weighted by Crippen LogP contribution is -2.01. The van der Waals surface area contributed by atoms with Crippen molar-refractivity contribution in [1.82, 2.24) is 0 Å². The van der Waals surface area contributed by atoms with Gasteiger partial charge in [0.15, 0.2) is 0 Å². The van der Waals surface area contributed by atoms with Crippen molar-refractivity contribution in [1.29, 1.82) is 0 Å². The summed E-state index contributed by atoms with van der Waals surface area (Å²) >= 11 is 0. The van der Waals surface area contributed by atoms with Gasteiger partial charge in [0.2, 0.25) is 0 Å². The highest BCUT2D eigenvalue weighted by Gasteiger charge is 2.02. The minimum atomic E-state index is -0.362. The lowest BCUT2D eigenvalue weighted by molar-refractivity contribution is -0.131. The zero-order chi connectivity index (χ0) is 13.7. The smallest absolute Gasteiger partial charge is 0.308 e. The Morgan fingerprint density at radius 3 is 2.00 bits per heavy atom. The van der Waals surface area contributed by atoms with E-state index in [-0.39, 0.29) is 5.97 Å². The molecule has 0 aliphatic rings. The van der Waals surface area contributed by atoms with E-state index in [1.165, 1.54) is 6.92 Å². The van der Waals surface area contributed by atoms with E-state index in [9.17, 15) is 4.79 Å². The van der Waals surface area contributed by atoms with Crippen molar-refractivity contribution in [2.75, 3.05) is 7.11 Å². The van der Waals surface area contributed by atoms with Crippen LogP contribution in [0.15, 0.2) is 48.5 Å². The van der Waals surface area contributed by atoms with Gasteiger partial charge in [-0.25, -0.2) is 0 Å². The molecule has 0 radical (unpaired) electrons. The van der Waals surface area contributed by atoms with E-state index in [1.54, 1.807) is 37.4 Å². The average molecular weight is 258 g/mol. The summed E-state index contributed by atoms with van der Waals surface area (Å²) < 4.78 is 15.8. The molecule has 0 saturated carbocycles. The van der Waals surface area contributed by atoms with E-state index in [0.717, 1.165) is 0 Å². The second-order valence-electron chi connectivity index (χ2n) is 3.85. The van der Waals surface area contributed by atoms with Gasteiger partial charge in [0, 0.05) is 19.1 Å². The highest BCUT2D eigenvalue weighted by atomic mass is 16.5. The Bertz CT molecular complexity index is 578. The molecule has 2 rings (SSSR count). The Hall–Kier alpha value is -2.49. The van der Waals surface area contributed by atoms with E-state index in [1.807, 2.05) is 18.2 Å². The van der Waals surface area contributed by atoms with E-state index in [0.29, 0.717) is 23.0 Å². The summed E-state index contributed by atoms with van der Waals surface area (Å²) in [7, 11) is 1.60. The van der Waals surface area contributed by atoms with Crippen LogP contribution >= 0.6 is 0 Å². The highest BCUT2D eigenvalue weighted by molar-refractivity contribution is 5.69. The molecule has 4 heteroatoms. The summed E-state index contributed by atoms with van der Waals surface area (Å²) in [5.41, 5.74) is 0. The van der Waals surface area contributed by atoms with Gasteiger partial charge in [0.1, 0.15) is 23.0 Å². The standard InChI is InChI=1S/C15H14O4/c1-11(16)18-13-6-4-8-15(10-13)19-14-7-3-5-12(9-14)17-2/h3-10H,1-2H3. The van der Waals surface area contributed by atoms with Gasteiger partial charge >= 0.3 is 5.97 Å². The fourth-order valence-corrected chi connectivity index (χ4v) is 1.57. The third-order valence-corrected chi connectivity index (χ3v) is 2.34. The van der Waals surface area contributed by atoms with E-state index in [2.05, 4.69) is 0 Å². The third-order valence-electron chi connectivity index (χ3n) is 2.34. The van der Waals surface area contributed by atoms with Crippen LogP contribution < -0.4 is 14.2 Å². The van der Waals surface area contributed by atoms with Crippen molar-refractivity contribution < 1.29 is 19.0 Å². The summed E-state index contributed by atoms with van der Waals surface area (Å²) in [6.45, 7) is 1.36. The van der Waals surface area contributed by atoms with Gasteiger partial charge in [-0.05, 0) is 24.3 Å². The second-order valence-corrected chi connectivity index (χ2v) is 3.85. The van der Waals surface area contributed by atoms with Gasteiger partial charge in [-0.2, -0.15) is 0 Å². The zero-order valence-electron chi connectivity index (χ0n) is 10.8. The Morgan fingerprint density at radius 2 is 1.42 bits per heavy atom. The molecule has 0 N–H and O–H groups in total. The van der Waals surface area contributed by atoms with Crippen molar-refractivity contribution in [2.45, 2.75) is 6.92 Å². The molecule has 0 bridgehead atoms. The Balaban J connectivity index is 2.15. The van der Waals surface area contributed by atoms with Crippen molar-refractivity contribution in [3.63, 3.8) is 0 Å². The minimum Gasteiger partial charge on any atom is -0.497 e. The van der Waals surface area contributed by atoms with Crippen molar-refractivity contribution in [2.24, 2.45) is 0 Å². The molecule has 0 atom stereocenters. The Labute approximate surface area is 111 Å². The van der Waals surface area contributed by atoms with Crippen molar-refractivity contribution in [3.05, 3.63) is 48.5 Å². The highest BCUT2D eigenvalue weighted by Crippen LogP contribution is 2.27. The molecule has 0 spiro atoms. The molecule has 2 aromatic rings. The van der Waals surface area contributed by atoms with Crippen molar-refractivity contribution in [3.8, 4) is 23.0 Å². The predicted octanol–water partition coefficient (Wildman–Crippen LogP) is 3.41. The number of rotatable bonds is 4. The third kappa shape index (κ3) is 3.74. The molecule has 0 amide bonds. The van der Waals surface area contributed by atoms with Crippen LogP contribution in [0.4, 0.5) is 0 Å². The summed E-state index contributed by atoms with van der Waals surface area (Å²) in [6, 6.07) is 14.2. The molecule has 2 aromatic carbocycles. The monoisotopic (exact) mass is 258 g/mol. The first-order valence-corrected chi connectivity index (χ1v) is 5.78. The summed E-state index contributed by atoms with van der Waals surface area (Å²) in [5, 5.41) is 0. The van der Waals surface area contributed by atoms with Crippen LogP contribution in [-0.2, 0) is 4.79 Å². The maximum absolute atomic E-state index is 10.9. The topological polar surface area (TPSA) is 44.8 Å². The number of carbonyl (C=O) groups excluding carboxylic acids is 1. The second kappa shape index (κ2) is 5.91. The molecule has 0 heterocycles. The molecule has 19 heavy (non-hydrogen) atoms. The lowest BCUT2D eigenvalue weighted by atomic mass is 10.3. The van der Waals surface area contributed by atoms with Gasteiger partial charge in [0.25, 0.3) is 0 Å². The Kier molecular flexibility index (Phi) is 4.03. The number of ether oxygens (including phenoxy) is 3. The summed E-state index contributed by atoms with van der Waals surface area (Å²) in [5.74, 6) is 2.05. The average Bonchev–Trinajstić information content (AvgIpc) is 2.38. The van der Waals surface area contributed by atoms with Gasteiger partial charge in [0.05, 0.1) is 7.11 Å². The minimum absolute atomic E-state index is 0.362. The molecular formula is C15H14O4. The number of hydrogen-bond acceptors (Lipinski definition) is 4. The number of methoxy groups -OCH3 is 1. The summed E-state index contributed by atoms with van der Waals surface area (Å²) in [4.78, 5) is 10.9. The fraction of sp³-hybridized carbons (Fsp3) is 0.133. The van der Waals surface area contributed by atoms with Gasteiger partial charge in [-0.1, -0.05) is 12.1 Å². The fourth-order valence-electron chi connectivity index (χ4n) is 1.57. The Morgan fingerprint density at radius 1 is 0.895 bits per heavy atom. The molecule has 0 aromatic heterocycles. The molecule has 0 unspecified atom stereocenters. The largest absolute Gasteiger partial charge is 0.497 e. The molecular weight excluding hydrogens is 244 g/mol. The van der Waals surface area contributed by atoms with Crippen LogP contribution in [0.25, 0.3) is 0 Å². The van der Waals surface area contributed by atoms with Crippen LogP contribution in [0.1, 0.15) is 6.92 Å². The number of esters is 1. The SMILES string of the molecule is COc1cccc(Oc2cccc(OC(C)=O)c2)c1. The molecule has 98 valence electrons. The van der Waals surface area contributed by atoms with Crippen LogP contribution in [0, 0.1) is 0 Å². The maximum atomic E-state index is 10.9. The zero-order valence-corrected chi connectivity index (χ0v) is 10.8. The van der Waals surface area contributed by atoms with E-state index < -0.39 is 0 Å².